The molecule has 2 aliphatic heterocycles. The number of aliphatic hydroxyl groups is 5. The maximum atomic E-state index is 11.2. The zero-order valence-corrected chi connectivity index (χ0v) is 12.1. The Balaban J connectivity index is 2.17. The number of aliphatic hydroxyl groups excluding tert-OH is 4. The van der Waals surface area contributed by atoms with Gasteiger partial charge in [-0.25, -0.2) is 9.59 Å². The molecule has 0 spiro atoms. The molecule has 0 amide bonds. The molecular weight excluding hydrogens is 336 g/mol. The van der Waals surface area contributed by atoms with E-state index in [-0.39, 0.29) is 0 Å². The van der Waals surface area contributed by atoms with Crippen molar-refractivity contribution in [2.75, 3.05) is 6.61 Å². The van der Waals surface area contributed by atoms with Crippen LogP contribution in [-0.2, 0) is 23.8 Å². The van der Waals surface area contributed by atoms with Crippen molar-refractivity contribution in [2.24, 2.45) is 0 Å². The van der Waals surface area contributed by atoms with E-state index < -0.39 is 73.7 Å². The molecule has 24 heavy (non-hydrogen) atoms. The van der Waals surface area contributed by atoms with Crippen LogP contribution in [0.2, 0.25) is 0 Å². The second-order valence-corrected chi connectivity index (χ2v) is 5.55. The number of rotatable bonds is 5. The SMILES string of the molecule is O=C(O)[C@H]1OC(O)(C(=O)O)C[C@@H](O)[C@H]1O[C@H]1O[C@@H](CO)[C@H](O)[C@H]1O. The fourth-order valence-electron chi connectivity index (χ4n) is 2.55. The molecule has 0 aliphatic carbocycles. The molecule has 138 valence electrons. The minimum absolute atomic E-state index is 0.650. The molecule has 0 radical (unpaired) electrons. The van der Waals surface area contributed by atoms with Gasteiger partial charge in [0, 0.05) is 6.42 Å². The van der Waals surface area contributed by atoms with Gasteiger partial charge in [0.25, 0.3) is 5.79 Å². The van der Waals surface area contributed by atoms with Gasteiger partial charge in [-0.3, -0.25) is 0 Å². The van der Waals surface area contributed by atoms with E-state index in [9.17, 15) is 30.0 Å². The second-order valence-electron chi connectivity index (χ2n) is 5.55. The standard InChI is InChI=1S/C12H18O12/c13-2-4-5(15)6(16)10(22-4)23-7-3(14)1-12(21,11(19)20)24-8(7)9(17)18/h3-8,10,13-16,21H,1-2H2,(H,17,18)(H,19,20)/t3-,4+,5+,6-,7-,8+,10-,12?/m1/s1. The van der Waals surface area contributed by atoms with E-state index in [4.69, 9.17) is 24.8 Å². The van der Waals surface area contributed by atoms with Crippen LogP contribution in [0.4, 0.5) is 0 Å². The van der Waals surface area contributed by atoms with Crippen molar-refractivity contribution in [3.8, 4) is 0 Å². The number of carboxylic acid groups (broad SMARTS) is 2. The summed E-state index contributed by atoms with van der Waals surface area (Å²) < 4.78 is 14.8. The molecule has 2 heterocycles. The van der Waals surface area contributed by atoms with Gasteiger partial charge < -0.3 is 50.0 Å². The lowest BCUT2D eigenvalue weighted by Crippen LogP contribution is -2.62. The maximum Gasteiger partial charge on any atom is 0.364 e. The summed E-state index contributed by atoms with van der Waals surface area (Å²) in [5.41, 5.74) is 0. The Kier molecular flexibility index (Phi) is 5.41. The van der Waals surface area contributed by atoms with Crippen LogP contribution in [-0.4, -0.2) is 103 Å². The molecular formula is C12H18O12. The molecule has 0 bridgehead atoms. The van der Waals surface area contributed by atoms with Crippen molar-refractivity contribution in [1.82, 2.24) is 0 Å². The summed E-state index contributed by atoms with van der Waals surface area (Å²) in [5.74, 6) is -6.55. The van der Waals surface area contributed by atoms with E-state index in [2.05, 4.69) is 4.74 Å². The molecule has 1 unspecified atom stereocenters. The topological polar surface area (TPSA) is 203 Å². The molecule has 0 aromatic carbocycles. The van der Waals surface area contributed by atoms with E-state index in [0.717, 1.165) is 0 Å². The third-order valence-electron chi connectivity index (χ3n) is 3.85. The molecule has 2 fully saturated rings. The van der Waals surface area contributed by atoms with Gasteiger partial charge in [-0.2, -0.15) is 0 Å². The molecule has 8 atom stereocenters. The number of hydrogen-bond acceptors (Lipinski definition) is 10. The van der Waals surface area contributed by atoms with Crippen LogP contribution in [0.15, 0.2) is 0 Å². The highest BCUT2D eigenvalue weighted by Crippen LogP contribution is 2.33. The Morgan fingerprint density at radius 3 is 2.25 bits per heavy atom. The quantitative estimate of drug-likeness (QED) is 0.251. The van der Waals surface area contributed by atoms with Crippen molar-refractivity contribution in [2.45, 2.75) is 55.1 Å². The van der Waals surface area contributed by atoms with Crippen molar-refractivity contribution < 1.29 is 59.5 Å². The molecule has 2 saturated heterocycles. The normalized spacial score (nSPS) is 46.0. The largest absolute Gasteiger partial charge is 0.479 e. The summed E-state index contributed by atoms with van der Waals surface area (Å²) in [5, 5.41) is 66.1. The van der Waals surface area contributed by atoms with Gasteiger partial charge >= 0.3 is 11.9 Å². The Labute approximate surface area is 134 Å². The first-order valence-electron chi connectivity index (χ1n) is 6.93. The monoisotopic (exact) mass is 354 g/mol. The number of carboxylic acids is 2. The van der Waals surface area contributed by atoms with Gasteiger partial charge in [0.2, 0.25) is 0 Å². The van der Waals surface area contributed by atoms with Crippen molar-refractivity contribution in [3.63, 3.8) is 0 Å². The third-order valence-corrected chi connectivity index (χ3v) is 3.85. The molecule has 2 aliphatic rings. The molecule has 7 N–H and O–H groups in total. The lowest BCUT2D eigenvalue weighted by Gasteiger charge is -2.41. The van der Waals surface area contributed by atoms with E-state index in [0.29, 0.717) is 0 Å². The van der Waals surface area contributed by atoms with Gasteiger partial charge in [-0.05, 0) is 0 Å². The molecule has 0 saturated carbocycles. The fourth-order valence-corrected chi connectivity index (χ4v) is 2.55. The van der Waals surface area contributed by atoms with Crippen molar-refractivity contribution >= 4 is 11.9 Å². The summed E-state index contributed by atoms with van der Waals surface area (Å²) >= 11 is 0. The van der Waals surface area contributed by atoms with Crippen molar-refractivity contribution in [1.29, 1.82) is 0 Å². The first kappa shape index (κ1) is 19.0. The number of aliphatic carboxylic acids is 2. The number of hydrogen-bond donors (Lipinski definition) is 7. The van der Waals surface area contributed by atoms with Crippen LogP contribution in [0.1, 0.15) is 6.42 Å². The van der Waals surface area contributed by atoms with Crippen LogP contribution in [0.3, 0.4) is 0 Å². The van der Waals surface area contributed by atoms with E-state index in [1.54, 1.807) is 0 Å². The summed E-state index contributed by atoms with van der Waals surface area (Å²) in [6, 6.07) is 0. The Morgan fingerprint density at radius 1 is 1.17 bits per heavy atom. The summed E-state index contributed by atoms with van der Waals surface area (Å²) in [7, 11) is 0. The Hall–Kier alpha value is -1.38. The summed E-state index contributed by atoms with van der Waals surface area (Å²) in [6.45, 7) is -0.650. The highest BCUT2D eigenvalue weighted by atomic mass is 16.7. The van der Waals surface area contributed by atoms with Gasteiger partial charge in [-0.15, -0.1) is 0 Å². The van der Waals surface area contributed by atoms with Crippen LogP contribution < -0.4 is 0 Å². The minimum atomic E-state index is -2.93. The first-order valence-corrected chi connectivity index (χ1v) is 6.93. The maximum absolute atomic E-state index is 11.2. The summed E-state index contributed by atoms with van der Waals surface area (Å²) in [4.78, 5) is 22.2. The van der Waals surface area contributed by atoms with Crippen LogP contribution in [0, 0.1) is 0 Å². The molecule has 12 nitrogen and oxygen atoms in total. The van der Waals surface area contributed by atoms with Crippen LogP contribution in [0.5, 0.6) is 0 Å². The molecule has 12 heteroatoms. The predicted octanol–water partition coefficient (Wildman–Crippen LogP) is -4.18. The van der Waals surface area contributed by atoms with Gasteiger partial charge in [0.1, 0.15) is 24.4 Å². The van der Waals surface area contributed by atoms with Gasteiger partial charge in [0.05, 0.1) is 12.7 Å². The third kappa shape index (κ3) is 3.36. The second kappa shape index (κ2) is 6.85. The number of ether oxygens (including phenoxy) is 3. The fraction of sp³-hybridized carbons (Fsp3) is 0.833. The number of carbonyl (C=O) groups is 2. The van der Waals surface area contributed by atoms with E-state index in [1.165, 1.54) is 0 Å². The minimum Gasteiger partial charge on any atom is -0.479 e. The van der Waals surface area contributed by atoms with E-state index in [1.807, 2.05) is 0 Å². The van der Waals surface area contributed by atoms with Gasteiger partial charge in [0.15, 0.2) is 12.4 Å². The lowest BCUT2D eigenvalue weighted by molar-refractivity contribution is -0.317. The van der Waals surface area contributed by atoms with E-state index >= 15 is 0 Å². The molecule has 2 rings (SSSR count). The molecule has 0 aromatic rings. The Morgan fingerprint density at radius 2 is 1.79 bits per heavy atom. The zero-order chi connectivity index (χ0) is 18.2. The zero-order valence-electron chi connectivity index (χ0n) is 12.1. The highest BCUT2D eigenvalue weighted by Gasteiger charge is 2.56. The lowest BCUT2D eigenvalue weighted by atomic mass is 9.95. The van der Waals surface area contributed by atoms with Crippen LogP contribution >= 0.6 is 0 Å². The average Bonchev–Trinajstić information content (AvgIpc) is 2.77. The average molecular weight is 354 g/mol. The first-order chi connectivity index (χ1) is 11.1. The Bertz CT molecular complexity index is 496. The summed E-state index contributed by atoms with van der Waals surface area (Å²) in [6.07, 6.45) is -12.4. The van der Waals surface area contributed by atoms with Crippen molar-refractivity contribution in [3.05, 3.63) is 0 Å². The van der Waals surface area contributed by atoms with Gasteiger partial charge in [-0.1, -0.05) is 0 Å². The van der Waals surface area contributed by atoms with Crippen LogP contribution in [0.25, 0.3) is 0 Å². The smallest absolute Gasteiger partial charge is 0.364 e. The molecule has 0 aromatic heterocycles. The highest BCUT2D eigenvalue weighted by molar-refractivity contribution is 5.78. The predicted molar refractivity (Wildman–Crippen MR) is 68.4 cm³/mol.